The molecule has 3 N–H and O–H groups in total. The first-order chi connectivity index (χ1) is 10.0. The maximum absolute atomic E-state index is 11.1. The maximum Gasteiger partial charge on any atom is 0.326 e. The fourth-order valence-electron chi connectivity index (χ4n) is 1.96. The lowest BCUT2D eigenvalue weighted by Gasteiger charge is -1.95. The smallest absolute Gasteiger partial charge is 0.326 e. The van der Waals surface area contributed by atoms with Crippen molar-refractivity contribution in [3.05, 3.63) is 45.3 Å². The van der Waals surface area contributed by atoms with Gasteiger partial charge in [0.05, 0.1) is 6.20 Å². The Morgan fingerprint density at radius 2 is 2.24 bits per heavy atom. The van der Waals surface area contributed by atoms with Crippen molar-refractivity contribution in [2.45, 2.75) is 19.9 Å². The molecule has 3 heterocycles. The van der Waals surface area contributed by atoms with Crippen LogP contribution in [0.2, 0.25) is 0 Å². The van der Waals surface area contributed by atoms with Gasteiger partial charge in [-0.25, -0.2) is 14.3 Å². The number of rotatable bonds is 2. The molecule has 0 fully saturated rings. The first-order valence-corrected chi connectivity index (χ1v) is 6.44. The Morgan fingerprint density at radius 1 is 1.43 bits per heavy atom. The predicted molar refractivity (Wildman–Crippen MR) is 75.5 cm³/mol. The second kappa shape index (κ2) is 4.89. The lowest BCUT2D eigenvalue weighted by Crippen LogP contribution is -2.15. The highest BCUT2D eigenvalue weighted by atomic mass is 16.3. The molecule has 3 aromatic rings. The number of aromatic hydroxyl groups is 1. The lowest BCUT2D eigenvalue weighted by atomic mass is 10.3. The molecule has 8 nitrogen and oxygen atoms in total. The zero-order chi connectivity index (χ0) is 15.0. The fourth-order valence-corrected chi connectivity index (χ4v) is 1.96. The standard InChI is InChI=1S/C13H14N6O2/c1-7(2)15-10-3-4-19-11(17-10)8(6-14-19)5-9-12(20)18-13(21)16-9/h3-7,20H,1-2H3,(H2,16,18,21)/b8-5+,15-10?. The van der Waals surface area contributed by atoms with Crippen LogP contribution < -0.4 is 16.4 Å². The van der Waals surface area contributed by atoms with E-state index in [-0.39, 0.29) is 17.6 Å². The minimum absolute atomic E-state index is 0.139. The summed E-state index contributed by atoms with van der Waals surface area (Å²) in [5.41, 5.74) is 1.01. The van der Waals surface area contributed by atoms with E-state index >= 15 is 0 Å². The summed E-state index contributed by atoms with van der Waals surface area (Å²) < 4.78 is 1.60. The van der Waals surface area contributed by atoms with Crippen molar-refractivity contribution in [1.82, 2.24) is 24.6 Å². The van der Waals surface area contributed by atoms with Crippen molar-refractivity contribution in [1.29, 1.82) is 0 Å². The number of nitrogens with zero attached hydrogens (tertiary/aromatic N) is 4. The van der Waals surface area contributed by atoms with Gasteiger partial charge in [0, 0.05) is 23.5 Å². The van der Waals surface area contributed by atoms with Crippen molar-refractivity contribution in [3.8, 4) is 5.88 Å². The van der Waals surface area contributed by atoms with Gasteiger partial charge < -0.3 is 10.1 Å². The first-order valence-electron chi connectivity index (χ1n) is 6.44. The number of aromatic amines is 2. The number of aromatic nitrogens is 5. The van der Waals surface area contributed by atoms with Gasteiger partial charge in [-0.3, -0.25) is 9.98 Å². The van der Waals surface area contributed by atoms with Crippen LogP contribution in [0.3, 0.4) is 0 Å². The molecule has 0 saturated heterocycles. The third kappa shape index (κ3) is 2.55. The lowest BCUT2D eigenvalue weighted by molar-refractivity contribution is 0.454. The molecule has 0 aliphatic heterocycles. The van der Waals surface area contributed by atoms with Crippen LogP contribution in [-0.2, 0) is 0 Å². The maximum atomic E-state index is 11.1. The quantitative estimate of drug-likeness (QED) is 0.579. The number of H-pyrrole nitrogens is 2. The summed E-state index contributed by atoms with van der Waals surface area (Å²) in [6.07, 6.45) is 4.97. The Kier molecular flexibility index (Phi) is 3.05. The Morgan fingerprint density at radius 3 is 2.90 bits per heavy atom. The van der Waals surface area contributed by atoms with Crippen molar-refractivity contribution >= 4 is 11.7 Å². The molecule has 21 heavy (non-hydrogen) atoms. The molecule has 0 amide bonds. The highest BCUT2D eigenvalue weighted by molar-refractivity contribution is 5.56. The number of fused-ring (bicyclic) bond motifs is 1. The van der Waals surface area contributed by atoms with E-state index in [4.69, 9.17) is 0 Å². The molecule has 8 heteroatoms. The van der Waals surface area contributed by atoms with Crippen LogP contribution >= 0.6 is 0 Å². The molecular formula is C13H14N6O2. The molecule has 0 saturated carbocycles. The second-order valence-electron chi connectivity index (χ2n) is 4.86. The largest absolute Gasteiger partial charge is 0.493 e. The SMILES string of the molecule is CC(C)N=c1ccn2nc/c(=C\c3[nH]c(=O)[nH]c3O)c2n1. The van der Waals surface area contributed by atoms with Crippen LogP contribution in [0, 0.1) is 0 Å². The zero-order valence-electron chi connectivity index (χ0n) is 11.5. The summed E-state index contributed by atoms with van der Waals surface area (Å²) in [5.74, 6) is -0.220. The Balaban J connectivity index is 2.24. The monoisotopic (exact) mass is 286 g/mol. The van der Waals surface area contributed by atoms with E-state index in [0.29, 0.717) is 16.4 Å². The van der Waals surface area contributed by atoms with Gasteiger partial charge in [-0.2, -0.15) is 5.10 Å². The van der Waals surface area contributed by atoms with Gasteiger partial charge in [0.2, 0.25) is 5.88 Å². The van der Waals surface area contributed by atoms with Crippen molar-refractivity contribution in [2.75, 3.05) is 0 Å². The zero-order valence-corrected chi connectivity index (χ0v) is 11.5. The highest BCUT2D eigenvalue weighted by Crippen LogP contribution is 2.07. The van der Waals surface area contributed by atoms with Crippen molar-refractivity contribution in [2.24, 2.45) is 4.99 Å². The minimum Gasteiger partial charge on any atom is -0.493 e. The van der Waals surface area contributed by atoms with Gasteiger partial charge in [0.15, 0.2) is 11.1 Å². The Labute approximate surface area is 118 Å². The molecule has 0 aromatic carbocycles. The average molecular weight is 286 g/mol. The molecular weight excluding hydrogens is 272 g/mol. The van der Waals surface area contributed by atoms with Crippen LogP contribution in [0.1, 0.15) is 19.5 Å². The molecule has 0 aliphatic rings. The van der Waals surface area contributed by atoms with Crippen LogP contribution in [0.25, 0.3) is 11.7 Å². The Bertz CT molecular complexity index is 963. The van der Waals surface area contributed by atoms with Gasteiger partial charge >= 0.3 is 5.69 Å². The topological polar surface area (TPSA) is 111 Å². The van der Waals surface area contributed by atoms with Crippen molar-refractivity contribution < 1.29 is 5.11 Å². The normalized spacial score (nSPS) is 13.7. The highest BCUT2D eigenvalue weighted by Gasteiger charge is 2.04. The molecule has 0 spiro atoms. The predicted octanol–water partition coefficient (Wildman–Crippen LogP) is -0.692. The van der Waals surface area contributed by atoms with Crippen LogP contribution in [0.5, 0.6) is 5.88 Å². The number of imidazole rings is 1. The van der Waals surface area contributed by atoms with E-state index < -0.39 is 5.69 Å². The molecule has 0 radical (unpaired) electrons. The molecule has 3 aromatic heterocycles. The first kappa shape index (κ1) is 13.1. The molecule has 0 atom stereocenters. The van der Waals surface area contributed by atoms with E-state index in [1.807, 2.05) is 13.8 Å². The van der Waals surface area contributed by atoms with E-state index in [0.717, 1.165) is 0 Å². The summed E-state index contributed by atoms with van der Waals surface area (Å²) in [4.78, 5) is 24.7. The fraction of sp³-hybridized carbons (Fsp3) is 0.231. The summed E-state index contributed by atoms with van der Waals surface area (Å²) in [5, 5.41) is 14.4. The van der Waals surface area contributed by atoms with Gasteiger partial charge in [0.1, 0.15) is 5.69 Å². The summed E-state index contributed by atoms with van der Waals surface area (Å²) in [6.45, 7) is 3.94. The molecule has 3 rings (SSSR count). The molecule has 108 valence electrons. The summed E-state index contributed by atoms with van der Waals surface area (Å²) in [6, 6.07) is 1.92. The van der Waals surface area contributed by atoms with Gasteiger partial charge in [-0.1, -0.05) is 0 Å². The van der Waals surface area contributed by atoms with Crippen LogP contribution in [-0.4, -0.2) is 35.7 Å². The summed E-state index contributed by atoms with van der Waals surface area (Å²) in [7, 11) is 0. The number of hydrogen-bond acceptors (Lipinski definition) is 5. The third-order valence-electron chi connectivity index (χ3n) is 2.81. The molecule has 0 bridgehead atoms. The number of nitrogens with one attached hydrogen (secondary N) is 2. The van der Waals surface area contributed by atoms with Crippen molar-refractivity contribution in [3.63, 3.8) is 0 Å². The second-order valence-corrected chi connectivity index (χ2v) is 4.86. The van der Waals surface area contributed by atoms with E-state index in [2.05, 4.69) is 25.0 Å². The van der Waals surface area contributed by atoms with E-state index in [9.17, 15) is 9.90 Å². The van der Waals surface area contributed by atoms with Gasteiger partial charge in [0.25, 0.3) is 0 Å². The van der Waals surface area contributed by atoms with Gasteiger partial charge in [-0.05, 0) is 19.9 Å². The van der Waals surface area contributed by atoms with E-state index in [1.165, 1.54) is 0 Å². The molecule has 0 aliphatic carbocycles. The van der Waals surface area contributed by atoms with Crippen LogP contribution in [0.4, 0.5) is 0 Å². The van der Waals surface area contributed by atoms with Gasteiger partial charge in [-0.15, -0.1) is 0 Å². The van der Waals surface area contributed by atoms with E-state index in [1.54, 1.807) is 29.1 Å². The third-order valence-corrected chi connectivity index (χ3v) is 2.81. The Hall–Kier alpha value is -2.90. The summed E-state index contributed by atoms with van der Waals surface area (Å²) >= 11 is 0. The van der Waals surface area contributed by atoms with Crippen LogP contribution in [0.15, 0.2) is 28.2 Å². The number of hydrogen-bond donors (Lipinski definition) is 3. The average Bonchev–Trinajstić information content (AvgIpc) is 2.93. The minimum atomic E-state index is -0.473. The molecule has 0 unspecified atom stereocenters.